The zero-order valence-electron chi connectivity index (χ0n) is 8.27. The van der Waals surface area contributed by atoms with Crippen molar-refractivity contribution in [2.75, 3.05) is 6.61 Å². The third-order valence-corrected chi connectivity index (χ3v) is 1.79. The predicted molar refractivity (Wildman–Crippen MR) is 44.5 cm³/mol. The summed E-state index contributed by atoms with van der Waals surface area (Å²) in [5.41, 5.74) is -0.615. The van der Waals surface area contributed by atoms with Crippen molar-refractivity contribution >= 4 is 5.91 Å². The maximum Gasteiger partial charge on any atom is 0.471 e. The molecule has 0 aliphatic carbocycles. The van der Waals surface area contributed by atoms with E-state index in [1.165, 1.54) is 0 Å². The van der Waals surface area contributed by atoms with E-state index in [1.54, 1.807) is 26.1 Å². The van der Waals surface area contributed by atoms with Crippen molar-refractivity contribution in [1.82, 2.24) is 5.32 Å². The number of carbonyl (C=O) groups is 1. The number of aliphatic hydroxyl groups is 1. The molecule has 0 aliphatic rings. The molecule has 3 nitrogen and oxygen atoms in total. The van der Waals surface area contributed by atoms with Crippen LogP contribution in [0.5, 0.6) is 0 Å². The van der Waals surface area contributed by atoms with Crippen molar-refractivity contribution in [3.8, 4) is 0 Å². The number of hydrogen-bond acceptors (Lipinski definition) is 2. The lowest BCUT2D eigenvalue weighted by Gasteiger charge is -2.29. The summed E-state index contributed by atoms with van der Waals surface area (Å²) >= 11 is 0. The highest BCUT2D eigenvalue weighted by Crippen LogP contribution is 2.21. The van der Waals surface area contributed by atoms with Gasteiger partial charge in [-0.3, -0.25) is 4.79 Å². The summed E-state index contributed by atoms with van der Waals surface area (Å²) in [6.45, 7) is 4.37. The van der Waals surface area contributed by atoms with Gasteiger partial charge in [0.25, 0.3) is 0 Å². The van der Waals surface area contributed by atoms with E-state index in [-0.39, 0.29) is 0 Å². The standard InChI is InChI=1S/C8H14F3NO2/c1-7(2,3)5(4-13)12-6(14)8(9,10)11/h5,13H,4H2,1-3H3,(H,12,14). The number of nitrogens with one attached hydrogen (secondary N) is 1. The van der Waals surface area contributed by atoms with Crippen molar-refractivity contribution in [2.45, 2.75) is 33.0 Å². The highest BCUT2D eigenvalue weighted by Gasteiger charge is 2.41. The Morgan fingerprint density at radius 2 is 1.79 bits per heavy atom. The van der Waals surface area contributed by atoms with Gasteiger partial charge in [0.05, 0.1) is 12.6 Å². The molecule has 0 fully saturated rings. The van der Waals surface area contributed by atoms with E-state index in [9.17, 15) is 18.0 Å². The molecule has 0 radical (unpaired) electrons. The van der Waals surface area contributed by atoms with Crippen LogP contribution in [0, 0.1) is 5.41 Å². The minimum atomic E-state index is -4.90. The minimum Gasteiger partial charge on any atom is -0.394 e. The second-order valence-corrected chi connectivity index (χ2v) is 4.07. The van der Waals surface area contributed by atoms with E-state index >= 15 is 0 Å². The Bertz CT molecular complexity index is 208. The topological polar surface area (TPSA) is 49.3 Å². The molecule has 1 atom stereocenters. The number of amides is 1. The number of rotatable bonds is 2. The molecule has 0 spiro atoms. The number of alkyl halides is 3. The summed E-state index contributed by atoms with van der Waals surface area (Å²) < 4.78 is 35.5. The third kappa shape index (κ3) is 3.95. The van der Waals surface area contributed by atoms with Crippen LogP contribution >= 0.6 is 0 Å². The first kappa shape index (κ1) is 13.2. The van der Waals surface area contributed by atoms with Crippen LogP contribution in [0.1, 0.15) is 20.8 Å². The summed E-state index contributed by atoms with van der Waals surface area (Å²) in [6, 6.07) is -0.906. The van der Waals surface area contributed by atoms with Gasteiger partial charge in [-0.05, 0) is 5.41 Å². The Morgan fingerprint density at radius 3 is 2.00 bits per heavy atom. The van der Waals surface area contributed by atoms with Crippen molar-refractivity contribution < 1.29 is 23.1 Å². The van der Waals surface area contributed by atoms with Crippen molar-refractivity contribution in [1.29, 1.82) is 0 Å². The largest absolute Gasteiger partial charge is 0.471 e. The van der Waals surface area contributed by atoms with Crippen LogP contribution in [0.4, 0.5) is 13.2 Å². The molecule has 84 valence electrons. The summed E-state index contributed by atoms with van der Waals surface area (Å²) in [7, 11) is 0. The van der Waals surface area contributed by atoms with Gasteiger partial charge in [0.1, 0.15) is 0 Å². The minimum absolute atomic E-state index is 0.522. The molecule has 0 aliphatic heterocycles. The van der Waals surface area contributed by atoms with E-state index < -0.39 is 30.1 Å². The smallest absolute Gasteiger partial charge is 0.394 e. The molecule has 1 amide bonds. The average Bonchev–Trinajstić information content (AvgIpc) is 1.95. The Balaban J connectivity index is 4.43. The van der Waals surface area contributed by atoms with Gasteiger partial charge >= 0.3 is 12.1 Å². The lowest BCUT2D eigenvalue weighted by Crippen LogP contribution is -2.50. The van der Waals surface area contributed by atoms with Gasteiger partial charge in [0, 0.05) is 0 Å². The van der Waals surface area contributed by atoms with E-state index in [0.717, 1.165) is 0 Å². The summed E-state index contributed by atoms with van der Waals surface area (Å²) in [5, 5.41) is 10.5. The van der Waals surface area contributed by atoms with Crippen LogP contribution in [0.15, 0.2) is 0 Å². The van der Waals surface area contributed by atoms with E-state index in [0.29, 0.717) is 0 Å². The van der Waals surface area contributed by atoms with E-state index in [1.807, 2.05) is 0 Å². The molecule has 0 bridgehead atoms. The Kier molecular flexibility index (Phi) is 3.93. The molecule has 0 heterocycles. The molecule has 6 heteroatoms. The normalized spacial score (nSPS) is 15.1. The highest BCUT2D eigenvalue weighted by atomic mass is 19.4. The first-order chi connectivity index (χ1) is 6.09. The van der Waals surface area contributed by atoms with Gasteiger partial charge in [-0.15, -0.1) is 0 Å². The molecule has 0 saturated carbocycles. The number of hydrogen-bond donors (Lipinski definition) is 2. The van der Waals surface area contributed by atoms with Gasteiger partial charge in [0.2, 0.25) is 0 Å². The second kappa shape index (κ2) is 4.16. The molecule has 1 unspecified atom stereocenters. The fourth-order valence-corrected chi connectivity index (χ4v) is 0.776. The van der Waals surface area contributed by atoms with Crippen molar-refractivity contribution in [3.63, 3.8) is 0 Å². The monoisotopic (exact) mass is 213 g/mol. The third-order valence-electron chi connectivity index (χ3n) is 1.79. The van der Waals surface area contributed by atoms with Crippen LogP contribution < -0.4 is 5.32 Å². The Hall–Kier alpha value is -0.780. The molecule has 14 heavy (non-hydrogen) atoms. The maximum atomic E-state index is 11.8. The highest BCUT2D eigenvalue weighted by molar-refractivity contribution is 5.82. The molecule has 0 saturated heterocycles. The van der Waals surface area contributed by atoms with Gasteiger partial charge in [-0.2, -0.15) is 13.2 Å². The summed E-state index contributed by atoms with van der Waals surface area (Å²) in [6.07, 6.45) is -4.90. The van der Waals surface area contributed by atoms with E-state index in [4.69, 9.17) is 5.11 Å². The Labute approximate surface area is 80.3 Å². The van der Waals surface area contributed by atoms with Crippen LogP contribution in [0.3, 0.4) is 0 Å². The van der Waals surface area contributed by atoms with Crippen LogP contribution in [-0.2, 0) is 4.79 Å². The molecule has 0 aromatic heterocycles. The SMILES string of the molecule is CC(C)(C)C(CO)NC(=O)C(F)(F)F. The number of halogens is 3. The zero-order chi connectivity index (χ0) is 11.6. The Morgan fingerprint density at radius 1 is 1.36 bits per heavy atom. The average molecular weight is 213 g/mol. The zero-order valence-corrected chi connectivity index (χ0v) is 8.27. The fourth-order valence-electron chi connectivity index (χ4n) is 0.776. The lowest BCUT2D eigenvalue weighted by atomic mass is 9.87. The van der Waals surface area contributed by atoms with Crippen LogP contribution in [-0.4, -0.2) is 29.8 Å². The molecule has 0 rings (SSSR count). The number of carbonyl (C=O) groups excluding carboxylic acids is 1. The maximum absolute atomic E-state index is 11.8. The van der Waals surface area contributed by atoms with E-state index in [2.05, 4.69) is 0 Å². The van der Waals surface area contributed by atoms with Crippen molar-refractivity contribution in [2.24, 2.45) is 5.41 Å². The van der Waals surface area contributed by atoms with Gasteiger partial charge in [-0.1, -0.05) is 20.8 Å². The second-order valence-electron chi connectivity index (χ2n) is 4.07. The van der Waals surface area contributed by atoms with Crippen LogP contribution in [0.25, 0.3) is 0 Å². The molecule has 0 aromatic rings. The first-order valence-electron chi connectivity index (χ1n) is 4.07. The summed E-state index contributed by atoms with van der Waals surface area (Å²) in [5.74, 6) is -2.02. The lowest BCUT2D eigenvalue weighted by molar-refractivity contribution is -0.175. The fraction of sp³-hybridized carbons (Fsp3) is 0.875. The molecular weight excluding hydrogens is 199 g/mol. The van der Waals surface area contributed by atoms with Crippen LogP contribution in [0.2, 0.25) is 0 Å². The molecule has 0 aromatic carbocycles. The van der Waals surface area contributed by atoms with Gasteiger partial charge in [0.15, 0.2) is 0 Å². The van der Waals surface area contributed by atoms with Gasteiger partial charge in [-0.25, -0.2) is 0 Å². The van der Waals surface area contributed by atoms with Gasteiger partial charge < -0.3 is 10.4 Å². The first-order valence-corrected chi connectivity index (χ1v) is 4.07. The quantitative estimate of drug-likeness (QED) is 0.720. The molecule has 2 N–H and O–H groups in total. The summed E-state index contributed by atoms with van der Waals surface area (Å²) in [4.78, 5) is 10.5. The predicted octanol–water partition coefficient (Wildman–Crippen LogP) is 1.07. The molecular formula is C8H14F3NO2. The number of aliphatic hydroxyl groups excluding tert-OH is 1. The van der Waals surface area contributed by atoms with Crippen molar-refractivity contribution in [3.05, 3.63) is 0 Å².